The van der Waals surface area contributed by atoms with E-state index in [0.29, 0.717) is 29.5 Å². The molecule has 0 heterocycles. The van der Waals surface area contributed by atoms with Crippen molar-refractivity contribution >= 4 is 5.78 Å². The number of ether oxygens (including phenoxy) is 1. The molecule has 0 amide bonds. The standard InChI is InChI=1S/C22H28O2/c1-4-14-13-22(3)19(10-11-20(22)23)18-8-6-15-12-16(24-5-2)7-9-17(15)21(14)18/h1,6,12,14,17-19,21H,5,7-11,13H2,2-3H3/t14-,17-,18-,19-,21+,22-/m0/s1. The minimum atomic E-state index is -0.162. The van der Waals surface area contributed by atoms with Crippen molar-refractivity contribution in [2.45, 2.75) is 52.4 Å². The van der Waals surface area contributed by atoms with Crippen LogP contribution in [0, 0.1) is 47.3 Å². The van der Waals surface area contributed by atoms with Gasteiger partial charge in [0.1, 0.15) is 5.78 Å². The number of hydrogen-bond acceptors (Lipinski definition) is 2. The van der Waals surface area contributed by atoms with Crippen LogP contribution < -0.4 is 0 Å². The molecule has 24 heavy (non-hydrogen) atoms. The zero-order valence-electron chi connectivity index (χ0n) is 14.9. The minimum Gasteiger partial charge on any atom is -0.498 e. The first-order valence-electron chi connectivity index (χ1n) is 9.61. The number of fused-ring (bicyclic) bond motifs is 5. The number of carbonyl (C=O) groups excluding carboxylic acids is 1. The van der Waals surface area contributed by atoms with Crippen molar-refractivity contribution in [3.8, 4) is 12.3 Å². The topological polar surface area (TPSA) is 26.3 Å². The summed E-state index contributed by atoms with van der Waals surface area (Å²) in [7, 11) is 0. The third kappa shape index (κ3) is 2.20. The lowest BCUT2D eigenvalue weighted by Crippen LogP contribution is -2.49. The van der Waals surface area contributed by atoms with E-state index >= 15 is 0 Å². The molecule has 0 bridgehead atoms. The Labute approximate surface area is 145 Å². The van der Waals surface area contributed by atoms with E-state index in [1.807, 2.05) is 6.92 Å². The minimum absolute atomic E-state index is 0.162. The van der Waals surface area contributed by atoms with Gasteiger partial charge >= 0.3 is 0 Å². The molecule has 0 radical (unpaired) electrons. The lowest BCUT2D eigenvalue weighted by molar-refractivity contribution is -0.132. The number of terminal acetylenes is 1. The van der Waals surface area contributed by atoms with E-state index < -0.39 is 0 Å². The maximum absolute atomic E-state index is 12.6. The van der Waals surface area contributed by atoms with Crippen LogP contribution in [-0.2, 0) is 9.53 Å². The van der Waals surface area contributed by atoms with Gasteiger partial charge in [-0.05, 0) is 67.9 Å². The van der Waals surface area contributed by atoms with Gasteiger partial charge in [0.25, 0.3) is 0 Å². The molecule has 6 atom stereocenters. The molecule has 0 aromatic heterocycles. The summed E-state index contributed by atoms with van der Waals surface area (Å²) in [6.07, 6.45) is 16.7. The monoisotopic (exact) mass is 324 g/mol. The average Bonchev–Trinajstić information content (AvgIpc) is 2.89. The van der Waals surface area contributed by atoms with Gasteiger partial charge in [0.05, 0.1) is 12.4 Å². The fourth-order valence-electron chi connectivity index (χ4n) is 6.30. The van der Waals surface area contributed by atoms with Crippen molar-refractivity contribution in [1.29, 1.82) is 0 Å². The van der Waals surface area contributed by atoms with Crippen LogP contribution in [0.1, 0.15) is 52.4 Å². The van der Waals surface area contributed by atoms with Gasteiger partial charge in [0, 0.05) is 24.2 Å². The summed E-state index contributed by atoms with van der Waals surface area (Å²) in [6.45, 7) is 4.98. The van der Waals surface area contributed by atoms with Crippen LogP contribution in [0.15, 0.2) is 23.5 Å². The van der Waals surface area contributed by atoms with Crippen LogP contribution in [0.25, 0.3) is 0 Å². The molecular weight excluding hydrogens is 296 g/mol. The third-order valence-corrected chi connectivity index (χ3v) is 7.35. The number of carbonyl (C=O) groups is 1. The second-order valence-electron chi connectivity index (χ2n) is 8.33. The smallest absolute Gasteiger partial charge is 0.139 e. The summed E-state index contributed by atoms with van der Waals surface area (Å²) in [5.74, 6) is 7.18. The highest BCUT2D eigenvalue weighted by Gasteiger charge is 2.58. The zero-order chi connectivity index (χ0) is 16.9. The van der Waals surface area contributed by atoms with Crippen molar-refractivity contribution in [2.24, 2.45) is 35.0 Å². The van der Waals surface area contributed by atoms with E-state index in [-0.39, 0.29) is 11.3 Å². The number of hydrogen-bond donors (Lipinski definition) is 0. The van der Waals surface area contributed by atoms with Gasteiger partial charge < -0.3 is 4.74 Å². The van der Waals surface area contributed by atoms with Gasteiger partial charge in [-0.3, -0.25) is 4.79 Å². The summed E-state index contributed by atoms with van der Waals surface area (Å²) in [6, 6.07) is 0. The molecular formula is C22H28O2. The molecule has 4 rings (SSSR count). The van der Waals surface area contributed by atoms with E-state index in [4.69, 9.17) is 11.2 Å². The summed E-state index contributed by atoms with van der Waals surface area (Å²) in [4.78, 5) is 12.6. The Kier molecular flexibility index (Phi) is 3.87. The van der Waals surface area contributed by atoms with Crippen LogP contribution in [0.2, 0.25) is 0 Å². The Morgan fingerprint density at radius 2 is 2.21 bits per heavy atom. The fraction of sp³-hybridized carbons (Fsp3) is 0.682. The number of Topliss-reactive ketones (excluding diaryl/α,β-unsaturated/α-hetero) is 1. The Morgan fingerprint density at radius 3 is 2.96 bits per heavy atom. The molecule has 2 saturated carbocycles. The third-order valence-electron chi connectivity index (χ3n) is 7.35. The zero-order valence-corrected chi connectivity index (χ0v) is 14.9. The molecule has 2 fully saturated rings. The first-order valence-corrected chi connectivity index (χ1v) is 9.61. The van der Waals surface area contributed by atoms with E-state index in [2.05, 4.69) is 25.0 Å². The Hall–Kier alpha value is -1.49. The van der Waals surface area contributed by atoms with E-state index in [0.717, 1.165) is 50.9 Å². The molecule has 0 aromatic carbocycles. The van der Waals surface area contributed by atoms with Gasteiger partial charge in [0.2, 0.25) is 0 Å². The number of allylic oxidation sites excluding steroid dienone is 4. The molecule has 2 heteroatoms. The SMILES string of the molecule is C#C[C@H]1C[C@]2(C)C(=O)CC[C@H]2[C@@H]2CC=C3C=C(OCC)CC[C@@H]3[C@H]21. The van der Waals surface area contributed by atoms with Crippen LogP contribution >= 0.6 is 0 Å². The molecule has 2 nitrogen and oxygen atoms in total. The molecule has 0 unspecified atom stereocenters. The van der Waals surface area contributed by atoms with E-state index in [1.165, 1.54) is 5.57 Å². The molecule has 4 aliphatic rings. The van der Waals surface area contributed by atoms with E-state index in [9.17, 15) is 4.79 Å². The van der Waals surface area contributed by atoms with E-state index in [1.54, 1.807) is 0 Å². The first kappa shape index (κ1) is 16.0. The molecule has 0 N–H and O–H groups in total. The fourth-order valence-corrected chi connectivity index (χ4v) is 6.30. The van der Waals surface area contributed by atoms with Gasteiger partial charge in [-0.2, -0.15) is 0 Å². The number of rotatable bonds is 2. The van der Waals surface area contributed by atoms with Crippen molar-refractivity contribution in [3.05, 3.63) is 23.5 Å². The normalized spacial score (nSPS) is 43.7. The molecule has 0 aliphatic heterocycles. The first-order chi connectivity index (χ1) is 11.6. The molecule has 0 aromatic rings. The highest BCUT2D eigenvalue weighted by Crippen LogP contribution is 2.61. The van der Waals surface area contributed by atoms with Crippen molar-refractivity contribution in [1.82, 2.24) is 0 Å². The average molecular weight is 324 g/mol. The Morgan fingerprint density at radius 1 is 1.38 bits per heavy atom. The van der Waals surface area contributed by atoms with Gasteiger partial charge in [-0.25, -0.2) is 0 Å². The molecule has 4 aliphatic carbocycles. The predicted molar refractivity (Wildman–Crippen MR) is 94.9 cm³/mol. The number of ketones is 1. The quantitative estimate of drug-likeness (QED) is 0.698. The predicted octanol–water partition coefficient (Wildman–Crippen LogP) is 4.52. The Balaban J connectivity index is 1.69. The van der Waals surface area contributed by atoms with Gasteiger partial charge in [0.15, 0.2) is 0 Å². The van der Waals surface area contributed by atoms with Crippen LogP contribution in [0.5, 0.6) is 0 Å². The van der Waals surface area contributed by atoms with Crippen molar-refractivity contribution in [3.63, 3.8) is 0 Å². The summed E-state index contributed by atoms with van der Waals surface area (Å²) < 4.78 is 5.76. The Bertz CT molecular complexity index is 649. The van der Waals surface area contributed by atoms with Gasteiger partial charge in [-0.1, -0.05) is 13.0 Å². The van der Waals surface area contributed by atoms with Crippen LogP contribution in [-0.4, -0.2) is 12.4 Å². The summed E-state index contributed by atoms with van der Waals surface area (Å²) >= 11 is 0. The summed E-state index contributed by atoms with van der Waals surface area (Å²) in [5, 5.41) is 0. The highest BCUT2D eigenvalue weighted by atomic mass is 16.5. The molecule has 0 spiro atoms. The highest BCUT2D eigenvalue weighted by molar-refractivity contribution is 5.87. The lowest BCUT2D eigenvalue weighted by Gasteiger charge is -2.53. The van der Waals surface area contributed by atoms with Crippen LogP contribution in [0.3, 0.4) is 0 Å². The van der Waals surface area contributed by atoms with Gasteiger partial charge in [-0.15, -0.1) is 12.3 Å². The summed E-state index contributed by atoms with van der Waals surface area (Å²) in [5.41, 5.74) is 1.28. The van der Waals surface area contributed by atoms with Crippen molar-refractivity contribution in [2.75, 3.05) is 6.61 Å². The molecule has 128 valence electrons. The lowest BCUT2D eigenvalue weighted by atomic mass is 9.50. The van der Waals surface area contributed by atoms with Crippen LogP contribution in [0.4, 0.5) is 0 Å². The maximum Gasteiger partial charge on any atom is 0.139 e. The second kappa shape index (κ2) is 5.80. The largest absolute Gasteiger partial charge is 0.498 e. The second-order valence-corrected chi connectivity index (χ2v) is 8.33. The molecule has 0 saturated heterocycles. The maximum atomic E-state index is 12.6. The van der Waals surface area contributed by atoms with Crippen molar-refractivity contribution < 1.29 is 9.53 Å².